The van der Waals surface area contributed by atoms with Gasteiger partial charge in [0.1, 0.15) is 0 Å². The molecule has 1 heterocycles. The zero-order chi connectivity index (χ0) is 17.8. The van der Waals surface area contributed by atoms with Crippen molar-refractivity contribution in [1.82, 2.24) is 9.80 Å². The summed E-state index contributed by atoms with van der Waals surface area (Å²) in [6.45, 7) is 6.36. The molecular weight excluding hydrogens is 355 g/mol. The summed E-state index contributed by atoms with van der Waals surface area (Å²) < 4.78 is 0. The average Bonchev–Trinajstić information content (AvgIpc) is 2.84. The Morgan fingerprint density at radius 3 is 2.60 bits per heavy atom. The molecule has 0 aromatic heterocycles. The topological polar surface area (TPSA) is 23.6 Å². The Bertz CT molecular complexity index is 763. The van der Waals surface area contributed by atoms with E-state index in [1.165, 1.54) is 11.1 Å². The molecule has 1 amide bonds. The Morgan fingerprint density at radius 1 is 1.00 bits per heavy atom. The van der Waals surface area contributed by atoms with Crippen molar-refractivity contribution in [2.45, 2.75) is 19.9 Å². The first-order valence-electron chi connectivity index (χ1n) is 8.56. The van der Waals surface area contributed by atoms with Crippen molar-refractivity contribution in [3.8, 4) is 0 Å². The zero-order valence-corrected chi connectivity index (χ0v) is 15.9. The monoisotopic (exact) mass is 376 g/mol. The molecular formula is C20H22Cl2N2O. The van der Waals surface area contributed by atoms with Gasteiger partial charge in [-0.25, -0.2) is 0 Å². The van der Waals surface area contributed by atoms with E-state index in [0.29, 0.717) is 22.2 Å². The van der Waals surface area contributed by atoms with Gasteiger partial charge in [0.15, 0.2) is 0 Å². The van der Waals surface area contributed by atoms with Gasteiger partial charge in [0.2, 0.25) is 0 Å². The molecule has 0 saturated carbocycles. The van der Waals surface area contributed by atoms with Gasteiger partial charge in [-0.3, -0.25) is 9.69 Å². The van der Waals surface area contributed by atoms with Gasteiger partial charge in [-0.15, -0.1) is 0 Å². The molecule has 2 aromatic carbocycles. The summed E-state index contributed by atoms with van der Waals surface area (Å²) >= 11 is 12.3. The third-order valence-electron chi connectivity index (χ3n) is 4.71. The lowest BCUT2D eigenvalue weighted by atomic mass is 10.1. The number of rotatable bonds is 3. The minimum absolute atomic E-state index is 0.0368. The van der Waals surface area contributed by atoms with E-state index in [-0.39, 0.29) is 5.91 Å². The number of aryl methyl sites for hydroxylation is 1. The molecule has 1 aliphatic heterocycles. The molecule has 0 bridgehead atoms. The maximum atomic E-state index is 12.8. The normalized spacial score (nSPS) is 15.9. The number of amides is 1. The number of benzene rings is 2. The van der Waals surface area contributed by atoms with Crippen LogP contribution in [0, 0.1) is 6.92 Å². The Balaban J connectivity index is 1.66. The fraction of sp³-hybridized carbons (Fsp3) is 0.350. The van der Waals surface area contributed by atoms with E-state index < -0.39 is 0 Å². The smallest absolute Gasteiger partial charge is 0.255 e. The van der Waals surface area contributed by atoms with Gasteiger partial charge in [0.25, 0.3) is 5.91 Å². The molecule has 5 heteroatoms. The maximum Gasteiger partial charge on any atom is 0.255 e. The fourth-order valence-electron chi connectivity index (χ4n) is 3.20. The molecule has 2 aromatic rings. The van der Waals surface area contributed by atoms with E-state index in [1.807, 2.05) is 4.90 Å². The first-order chi connectivity index (χ1) is 12.1. The number of carbonyl (C=O) groups is 1. The fourth-order valence-corrected chi connectivity index (χ4v) is 3.58. The molecule has 25 heavy (non-hydrogen) atoms. The van der Waals surface area contributed by atoms with E-state index in [1.54, 1.807) is 18.2 Å². The average molecular weight is 377 g/mol. The van der Waals surface area contributed by atoms with Crippen LogP contribution in [-0.2, 0) is 6.54 Å². The quantitative estimate of drug-likeness (QED) is 0.778. The van der Waals surface area contributed by atoms with Crippen LogP contribution in [0.4, 0.5) is 0 Å². The van der Waals surface area contributed by atoms with E-state index >= 15 is 0 Å². The highest BCUT2D eigenvalue weighted by molar-refractivity contribution is 6.43. The summed E-state index contributed by atoms with van der Waals surface area (Å²) in [6.07, 6.45) is 0.954. The predicted molar refractivity (Wildman–Crippen MR) is 103 cm³/mol. The van der Waals surface area contributed by atoms with Gasteiger partial charge in [0.05, 0.1) is 15.6 Å². The first-order valence-corrected chi connectivity index (χ1v) is 9.32. The van der Waals surface area contributed by atoms with Crippen molar-refractivity contribution in [1.29, 1.82) is 0 Å². The van der Waals surface area contributed by atoms with Gasteiger partial charge in [-0.05, 0) is 36.6 Å². The van der Waals surface area contributed by atoms with Crippen LogP contribution in [0.2, 0.25) is 10.0 Å². The summed E-state index contributed by atoms with van der Waals surface area (Å²) in [6, 6.07) is 13.7. The Kier molecular flexibility index (Phi) is 6.00. The molecule has 132 valence electrons. The summed E-state index contributed by atoms with van der Waals surface area (Å²) in [5, 5.41) is 0.763. The minimum atomic E-state index is -0.0368. The third kappa shape index (κ3) is 4.35. The summed E-state index contributed by atoms with van der Waals surface area (Å²) in [4.78, 5) is 17.1. The van der Waals surface area contributed by atoms with Gasteiger partial charge in [0, 0.05) is 32.7 Å². The van der Waals surface area contributed by atoms with Crippen LogP contribution in [0.5, 0.6) is 0 Å². The van der Waals surface area contributed by atoms with E-state index in [2.05, 4.69) is 36.1 Å². The Labute approximate surface area is 159 Å². The van der Waals surface area contributed by atoms with Crippen LogP contribution in [0.1, 0.15) is 27.9 Å². The first kappa shape index (κ1) is 18.2. The van der Waals surface area contributed by atoms with E-state index in [9.17, 15) is 4.79 Å². The summed E-state index contributed by atoms with van der Waals surface area (Å²) in [5.41, 5.74) is 3.15. The second-order valence-electron chi connectivity index (χ2n) is 6.45. The van der Waals surface area contributed by atoms with Gasteiger partial charge in [-0.1, -0.05) is 53.5 Å². The van der Waals surface area contributed by atoms with Crippen molar-refractivity contribution in [2.75, 3.05) is 26.2 Å². The zero-order valence-electron chi connectivity index (χ0n) is 14.3. The minimum Gasteiger partial charge on any atom is -0.337 e. The highest BCUT2D eigenvalue weighted by Crippen LogP contribution is 2.27. The van der Waals surface area contributed by atoms with Crippen LogP contribution in [0.3, 0.4) is 0 Å². The Hall–Kier alpha value is -1.55. The van der Waals surface area contributed by atoms with E-state index in [4.69, 9.17) is 23.2 Å². The molecule has 0 spiro atoms. The molecule has 3 nitrogen and oxygen atoms in total. The lowest BCUT2D eigenvalue weighted by Crippen LogP contribution is -2.35. The lowest BCUT2D eigenvalue weighted by Gasteiger charge is -2.23. The highest BCUT2D eigenvalue weighted by Gasteiger charge is 2.22. The van der Waals surface area contributed by atoms with Crippen LogP contribution in [0.15, 0.2) is 42.5 Å². The maximum absolute atomic E-state index is 12.8. The third-order valence-corrected chi connectivity index (χ3v) is 5.53. The molecule has 0 atom stereocenters. The number of hydrogen-bond acceptors (Lipinski definition) is 2. The second kappa shape index (κ2) is 8.22. The van der Waals surface area contributed by atoms with Gasteiger partial charge in [-0.2, -0.15) is 0 Å². The lowest BCUT2D eigenvalue weighted by molar-refractivity contribution is 0.0761. The summed E-state index contributed by atoms with van der Waals surface area (Å²) in [5.74, 6) is -0.0368. The van der Waals surface area contributed by atoms with Crippen LogP contribution in [-0.4, -0.2) is 41.9 Å². The highest BCUT2D eigenvalue weighted by atomic mass is 35.5. The van der Waals surface area contributed by atoms with Crippen molar-refractivity contribution in [3.05, 3.63) is 69.2 Å². The molecule has 1 fully saturated rings. The predicted octanol–water partition coefficient (Wildman–Crippen LogP) is 4.65. The molecule has 3 rings (SSSR count). The van der Waals surface area contributed by atoms with E-state index in [0.717, 1.165) is 32.6 Å². The van der Waals surface area contributed by atoms with Gasteiger partial charge >= 0.3 is 0 Å². The SMILES string of the molecule is Cc1ccccc1CN1CCCN(C(=O)c2cccc(Cl)c2Cl)CC1. The second-order valence-corrected chi connectivity index (χ2v) is 7.23. The standard InChI is InChI=1S/C20H22Cl2N2O/c1-15-6-2-3-7-16(15)14-23-10-5-11-24(13-12-23)20(25)17-8-4-9-18(21)19(17)22/h2-4,6-9H,5,10-14H2,1H3. The van der Waals surface area contributed by atoms with Crippen LogP contribution in [0.25, 0.3) is 0 Å². The van der Waals surface area contributed by atoms with Crippen molar-refractivity contribution in [2.24, 2.45) is 0 Å². The number of carbonyl (C=O) groups excluding carboxylic acids is 1. The molecule has 0 radical (unpaired) electrons. The summed E-state index contributed by atoms with van der Waals surface area (Å²) in [7, 11) is 0. The largest absolute Gasteiger partial charge is 0.337 e. The number of halogens is 2. The molecule has 0 aliphatic carbocycles. The number of hydrogen-bond donors (Lipinski definition) is 0. The van der Waals surface area contributed by atoms with Crippen molar-refractivity contribution in [3.63, 3.8) is 0 Å². The molecule has 1 saturated heterocycles. The molecule has 1 aliphatic rings. The Morgan fingerprint density at radius 2 is 1.80 bits per heavy atom. The molecule has 0 N–H and O–H groups in total. The molecule has 0 unspecified atom stereocenters. The van der Waals surface area contributed by atoms with Gasteiger partial charge < -0.3 is 4.90 Å². The van der Waals surface area contributed by atoms with Crippen molar-refractivity contribution < 1.29 is 4.79 Å². The number of nitrogens with zero attached hydrogens (tertiary/aromatic N) is 2. The van der Waals surface area contributed by atoms with Crippen molar-refractivity contribution >= 4 is 29.1 Å². The van der Waals surface area contributed by atoms with Crippen LogP contribution < -0.4 is 0 Å². The van der Waals surface area contributed by atoms with Crippen LogP contribution >= 0.6 is 23.2 Å².